The molecule has 3 rings (SSSR count). The maximum absolute atomic E-state index is 5.63. The number of nitrogens with one attached hydrogen (secondary N) is 1. The van der Waals surface area contributed by atoms with Gasteiger partial charge in [0, 0.05) is 24.0 Å². The molecule has 0 spiro atoms. The van der Waals surface area contributed by atoms with Crippen molar-refractivity contribution < 1.29 is 9.47 Å². The smallest absolute Gasteiger partial charge is 0.174 e. The third kappa shape index (κ3) is 3.94. The van der Waals surface area contributed by atoms with Gasteiger partial charge in [0.1, 0.15) is 0 Å². The number of hydrogen-bond acceptors (Lipinski definition) is 4. The van der Waals surface area contributed by atoms with Gasteiger partial charge in [0.25, 0.3) is 0 Å². The van der Waals surface area contributed by atoms with Gasteiger partial charge in [-0.15, -0.1) is 0 Å². The van der Waals surface area contributed by atoms with Gasteiger partial charge in [0.2, 0.25) is 0 Å². The summed E-state index contributed by atoms with van der Waals surface area (Å²) in [4.78, 5) is 6.61. The lowest BCUT2D eigenvalue weighted by atomic mass is 10.2. The van der Waals surface area contributed by atoms with Crippen LogP contribution in [0.1, 0.15) is 18.5 Å². The molecule has 0 amide bonds. The Hall–Kier alpha value is -2.34. The van der Waals surface area contributed by atoms with Crippen LogP contribution >= 0.6 is 12.2 Å². The molecule has 1 aromatic carbocycles. The first-order chi connectivity index (χ1) is 11.7. The van der Waals surface area contributed by atoms with Crippen molar-refractivity contribution in [3.8, 4) is 11.5 Å². The topological polar surface area (TPSA) is 46.6 Å². The van der Waals surface area contributed by atoms with Crippen molar-refractivity contribution in [1.29, 1.82) is 0 Å². The number of methoxy groups -OCH3 is 2. The number of rotatable bonds is 6. The minimum atomic E-state index is 0.493. The minimum absolute atomic E-state index is 0.493. The second kappa shape index (κ2) is 7.49. The maximum Gasteiger partial charge on any atom is 0.174 e. The van der Waals surface area contributed by atoms with Gasteiger partial charge in [-0.2, -0.15) is 0 Å². The summed E-state index contributed by atoms with van der Waals surface area (Å²) in [6, 6.07) is 12.1. The van der Waals surface area contributed by atoms with Gasteiger partial charge in [-0.05, 0) is 49.3 Å². The molecule has 0 unspecified atom stereocenters. The fourth-order valence-corrected chi connectivity index (χ4v) is 2.86. The van der Waals surface area contributed by atoms with Crippen LogP contribution in [0.2, 0.25) is 0 Å². The van der Waals surface area contributed by atoms with Crippen LogP contribution in [0.15, 0.2) is 42.6 Å². The van der Waals surface area contributed by atoms with Crippen molar-refractivity contribution in [3.63, 3.8) is 0 Å². The van der Waals surface area contributed by atoms with E-state index in [0.29, 0.717) is 29.2 Å². The molecule has 1 aliphatic rings. The van der Waals surface area contributed by atoms with Gasteiger partial charge >= 0.3 is 0 Å². The number of hydrogen-bond donors (Lipinski definition) is 1. The van der Waals surface area contributed by atoms with Crippen LogP contribution < -0.4 is 14.8 Å². The Morgan fingerprint density at radius 1 is 1.21 bits per heavy atom. The zero-order chi connectivity index (χ0) is 16.9. The number of ether oxygens (including phenoxy) is 2. The zero-order valence-corrected chi connectivity index (χ0v) is 14.7. The molecule has 1 aliphatic carbocycles. The largest absolute Gasteiger partial charge is 0.493 e. The van der Waals surface area contributed by atoms with E-state index in [-0.39, 0.29) is 0 Å². The van der Waals surface area contributed by atoms with Crippen LogP contribution in [-0.4, -0.2) is 35.3 Å². The highest BCUT2D eigenvalue weighted by Crippen LogP contribution is 2.32. The Bertz CT molecular complexity index is 705. The fraction of sp³-hybridized carbons (Fsp3) is 0.333. The van der Waals surface area contributed by atoms with Crippen LogP contribution in [0.4, 0.5) is 5.69 Å². The second-order valence-electron chi connectivity index (χ2n) is 5.68. The number of aromatic nitrogens is 1. The Labute approximate surface area is 147 Å². The molecule has 0 saturated heterocycles. The van der Waals surface area contributed by atoms with E-state index in [0.717, 1.165) is 11.4 Å². The normalized spacial score (nSPS) is 13.2. The van der Waals surface area contributed by atoms with Crippen molar-refractivity contribution >= 4 is 23.0 Å². The third-order valence-corrected chi connectivity index (χ3v) is 4.28. The Morgan fingerprint density at radius 2 is 2.00 bits per heavy atom. The number of benzene rings is 1. The lowest BCUT2D eigenvalue weighted by Gasteiger charge is -2.25. The summed E-state index contributed by atoms with van der Waals surface area (Å²) in [7, 11) is 3.24. The molecule has 0 radical (unpaired) electrons. The van der Waals surface area contributed by atoms with E-state index in [1.165, 1.54) is 12.8 Å². The summed E-state index contributed by atoms with van der Waals surface area (Å²) in [5, 5.41) is 4.01. The Balaban J connectivity index is 1.72. The van der Waals surface area contributed by atoms with Gasteiger partial charge in [-0.1, -0.05) is 6.07 Å². The summed E-state index contributed by atoms with van der Waals surface area (Å²) in [5.74, 6) is 1.37. The highest BCUT2D eigenvalue weighted by atomic mass is 32.1. The first-order valence-corrected chi connectivity index (χ1v) is 8.31. The second-order valence-corrected chi connectivity index (χ2v) is 6.07. The molecule has 24 heavy (non-hydrogen) atoms. The molecule has 2 aromatic rings. The molecule has 1 heterocycles. The quantitative estimate of drug-likeness (QED) is 0.811. The van der Waals surface area contributed by atoms with E-state index < -0.39 is 0 Å². The zero-order valence-electron chi connectivity index (χ0n) is 13.9. The molecule has 6 heteroatoms. The molecular weight excluding hydrogens is 322 g/mol. The highest BCUT2D eigenvalue weighted by Gasteiger charge is 2.31. The highest BCUT2D eigenvalue weighted by molar-refractivity contribution is 7.80. The number of pyridine rings is 1. The van der Waals surface area contributed by atoms with Crippen molar-refractivity contribution in [2.45, 2.75) is 25.4 Å². The van der Waals surface area contributed by atoms with Gasteiger partial charge in [-0.3, -0.25) is 4.98 Å². The van der Waals surface area contributed by atoms with Crippen LogP contribution in [0.5, 0.6) is 11.5 Å². The lowest BCUT2D eigenvalue weighted by molar-refractivity contribution is 0.355. The third-order valence-electron chi connectivity index (χ3n) is 3.94. The molecule has 126 valence electrons. The van der Waals surface area contributed by atoms with Gasteiger partial charge in [-0.25, -0.2) is 0 Å². The number of thiocarbonyl (C=S) groups is 1. The first-order valence-electron chi connectivity index (χ1n) is 7.91. The van der Waals surface area contributed by atoms with E-state index in [4.69, 9.17) is 21.7 Å². The van der Waals surface area contributed by atoms with Crippen molar-refractivity contribution in [3.05, 3.63) is 48.3 Å². The summed E-state index contributed by atoms with van der Waals surface area (Å²) in [6.45, 7) is 0.713. The monoisotopic (exact) mass is 343 g/mol. The average molecular weight is 343 g/mol. The predicted octanol–water partition coefficient (Wildman–Crippen LogP) is 3.46. The molecule has 5 nitrogen and oxygen atoms in total. The minimum Gasteiger partial charge on any atom is -0.493 e. The Morgan fingerprint density at radius 3 is 2.62 bits per heavy atom. The summed E-state index contributed by atoms with van der Waals surface area (Å²) in [5.41, 5.74) is 1.89. The summed E-state index contributed by atoms with van der Waals surface area (Å²) >= 11 is 5.63. The Kier molecular flexibility index (Phi) is 5.15. The molecular formula is C18H21N3O2S. The molecule has 1 saturated carbocycles. The van der Waals surface area contributed by atoms with E-state index in [1.54, 1.807) is 14.2 Å². The van der Waals surface area contributed by atoms with E-state index in [9.17, 15) is 0 Å². The molecule has 1 fully saturated rings. The van der Waals surface area contributed by atoms with Crippen molar-refractivity contribution in [1.82, 2.24) is 9.88 Å². The van der Waals surface area contributed by atoms with E-state index in [2.05, 4.69) is 15.2 Å². The van der Waals surface area contributed by atoms with Gasteiger partial charge in [0.05, 0.1) is 26.5 Å². The standard InChI is InChI=1S/C18H21N3O2S/c1-22-16-9-6-13(11-17(16)23-2)20-18(24)21(15-7-8-15)12-14-5-3-4-10-19-14/h3-6,9-11,15H,7-8,12H2,1-2H3,(H,20,24). The summed E-state index contributed by atoms with van der Waals surface area (Å²) < 4.78 is 10.6. The van der Waals surface area contributed by atoms with Gasteiger partial charge in [0.15, 0.2) is 16.6 Å². The predicted molar refractivity (Wildman–Crippen MR) is 98.6 cm³/mol. The molecule has 0 aliphatic heterocycles. The summed E-state index contributed by atoms with van der Waals surface area (Å²) in [6.07, 6.45) is 4.15. The average Bonchev–Trinajstić information content (AvgIpc) is 3.45. The molecule has 0 bridgehead atoms. The SMILES string of the molecule is COc1ccc(NC(=S)N(Cc2ccccn2)C2CC2)cc1OC. The molecule has 0 atom stereocenters. The number of anilines is 1. The van der Waals surface area contributed by atoms with Gasteiger partial charge < -0.3 is 19.7 Å². The van der Waals surface area contributed by atoms with E-state index >= 15 is 0 Å². The van der Waals surface area contributed by atoms with Crippen molar-refractivity contribution in [2.75, 3.05) is 19.5 Å². The first kappa shape index (κ1) is 16.5. The van der Waals surface area contributed by atoms with Crippen molar-refractivity contribution in [2.24, 2.45) is 0 Å². The fourth-order valence-electron chi connectivity index (χ4n) is 2.53. The molecule has 1 aromatic heterocycles. The van der Waals surface area contributed by atoms with Crippen LogP contribution in [0.3, 0.4) is 0 Å². The van der Waals surface area contributed by atoms with E-state index in [1.807, 2.05) is 42.6 Å². The molecule has 1 N–H and O–H groups in total. The van der Waals surface area contributed by atoms with Crippen LogP contribution in [0.25, 0.3) is 0 Å². The number of nitrogens with zero attached hydrogens (tertiary/aromatic N) is 2. The lowest BCUT2D eigenvalue weighted by Crippen LogP contribution is -2.36. The maximum atomic E-state index is 5.63. The van der Waals surface area contributed by atoms with Crippen LogP contribution in [0, 0.1) is 0 Å². The van der Waals surface area contributed by atoms with Crippen LogP contribution in [-0.2, 0) is 6.54 Å².